The maximum absolute atomic E-state index is 12.2. The van der Waals surface area contributed by atoms with Gasteiger partial charge in [0.25, 0.3) is 0 Å². The molecule has 0 atom stereocenters. The molecule has 1 aliphatic rings. The topological polar surface area (TPSA) is 104 Å². The lowest BCUT2D eigenvalue weighted by atomic mass is 9.85. The summed E-state index contributed by atoms with van der Waals surface area (Å²) in [5, 5.41) is 19.0. The zero-order valence-electron chi connectivity index (χ0n) is 11.5. The largest absolute Gasteiger partial charge is 0.481 e. The fraction of sp³-hybridized carbons (Fsp3) is 0.615. The van der Waals surface area contributed by atoms with Crippen LogP contribution >= 0.6 is 11.3 Å². The van der Waals surface area contributed by atoms with Gasteiger partial charge in [0.1, 0.15) is 4.21 Å². The van der Waals surface area contributed by atoms with Gasteiger partial charge in [-0.05, 0) is 25.0 Å². The molecule has 1 saturated carbocycles. The molecule has 3 N–H and O–H groups in total. The summed E-state index contributed by atoms with van der Waals surface area (Å²) in [5.41, 5.74) is -0.966. The number of aliphatic carboxylic acids is 1. The molecule has 1 aromatic rings. The number of thiophene rings is 1. The number of carboxylic acid groups (broad SMARTS) is 1. The maximum atomic E-state index is 12.2. The van der Waals surface area contributed by atoms with E-state index < -0.39 is 21.6 Å². The first-order valence-electron chi connectivity index (χ1n) is 6.83. The zero-order valence-corrected chi connectivity index (χ0v) is 13.2. The van der Waals surface area contributed by atoms with Crippen molar-refractivity contribution >= 4 is 27.3 Å². The van der Waals surface area contributed by atoms with E-state index in [1.807, 2.05) is 0 Å². The molecule has 0 aliphatic heterocycles. The van der Waals surface area contributed by atoms with E-state index in [0.29, 0.717) is 17.7 Å². The Morgan fingerprint density at radius 2 is 1.95 bits per heavy atom. The quantitative estimate of drug-likeness (QED) is 0.729. The van der Waals surface area contributed by atoms with Crippen LogP contribution in [-0.4, -0.2) is 36.7 Å². The van der Waals surface area contributed by atoms with Crippen molar-refractivity contribution in [3.05, 3.63) is 17.0 Å². The van der Waals surface area contributed by atoms with Gasteiger partial charge in [-0.2, -0.15) is 0 Å². The van der Waals surface area contributed by atoms with Gasteiger partial charge in [-0.25, -0.2) is 13.1 Å². The lowest BCUT2D eigenvalue weighted by Crippen LogP contribution is -2.44. The number of hydrogen-bond acceptors (Lipinski definition) is 5. The highest BCUT2D eigenvalue weighted by molar-refractivity contribution is 7.91. The minimum Gasteiger partial charge on any atom is -0.481 e. The van der Waals surface area contributed by atoms with Gasteiger partial charge >= 0.3 is 5.97 Å². The number of nitrogens with one attached hydrogen (secondary N) is 1. The van der Waals surface area contributed by atoms with Crippen LogP contribution in [0.5, 0.6) is 0 Å². The molecule has 0 aromatic carbocycles. The van der Waals surface area contributed by atoms with Crippen LogP contribution < -0.4 is 4.72 Å². The first kappa shape index (κ1) is 16.4. The minimum atomic E-state index is -3.70. The number of sulfonamides is 1. The second-order valence-electron chi connectivity index (χ2n) is 5.40. The van der Waals surface area contributed by atoms with Crippen LogP contribution in [0.25, 0.3) is 0 Å². The SMILES string of the molecule is O=C(O)Cc1ccc(S(=O)(=O)NCC2(O)CCCCC2)s1. The summed E-state index contributed by atoms with van der Waals surface area (Å²) in [6.07, 6.45) is 3.89. The van der Waals surface area contributed by atoms with Crippen molar-refractivity contribution in [1.82, 2.24) is 4.72 Å². The molecule has 6 nitrogen and oxygen atoms in total. The highest BCUT2D eigenvalue weighted by atomic mass is 32.2. The Balaban J connectivity index is 2.01. The monoisotopic (exact) mass is 333 g/mol. The Morgan fingerprint density at radius 3 is 2.57 bits per heavy atom. The molecule has 0 spiro atoms. The van der Waals surface area contributed by atoms with E-state index in [2.05, 4.69) is 4.72 Å². The fourth-order valence-electron chi connectivity index (χ4n) is 2.43. The molecule has 0 radical (unpaired) electrons. The molecule has 118 valence electrons. The normalized spacial score (nSPS) is 18.5. The van der Waals surface area contributed by atoms with Gasteiger partial charge in [0.15, 0.2) is 0 Å². The molecule has 1 fully saturated rings. The third-order valence-electron chi connectivity index (χ3n) is 3.60. The average molecular weight is 333 g/mol. The van der Waals surface area contributed by atoms with E-state index >= 15 is 0 Å². The van der Waals surface area contributed by atoms with Gasteiger partial charge in [0.2, 0.25) is 10.0 Å². The first-order chi connectivity index (χ1) is 9.81. The number of carboxylic acids is 1. The molecule has 21 heavy (non-hydrogen) atoms. The van der Waals surface area contributed by atoms with Gasteiger partial charge in [-0.3, -0.25) is 4.79 Å². The van der Waals surface area contributed by atoms with Gasteiger partial charge < -0.3 is 10.2 Å². The fourth-order valence-corrected chi connectivity index (χ4v) is 4.94. The van der Waals surface area contributed by atoms with Gasteiger partial charge in [0, 0.05) is 11.4 Å². The summed E-state index contributed by atoms with van der Waals surface area (Å²) in [6, 6.07) is 2.90. The van der Waals surface area contributed by atoms with E-state index in [0.717, 1.165) is 30.6 Å². The van der Waals surface area contributed by atoms with E-state index in [-0.39, 0.29) is 17.2 Å². The molecule has 1 heterocycles. The summed E-state index contributed by atoms with van der Waals surface area (Å²) in [4.78, 5) is 11.1. The minimum absolute atomic E-state index is 0.00149. The van der Waals surface area contributed by atoms with Crippen molar-refractivity contribution in [2.75, 3.05) is 6.54 Å². The Hall–Kier alpha value is -0.960. The summed E-state index contributed by atoms with van der Waals surface area (Å²) in [5.74, 6) is -0.995. The van der Waals surface area contributed by atoms with Crippen LogP contribution in [0.3, 0.4) is 0 Å². The van der Waals surface area contributed by atoms with Gasteiger partial charge in [-0.1, -0.05) is 19.3 Å². The summed E-state index contributed by atoms with van der Waals surface area (Å²) in [6.45, 7) is 0.00149. The molecular weight excluding hydrogens is 314 g/mol. The van der Waals surface area contributed by atoms with Crippen LogP contribution in [0.15, 0.2) is 16.3 Å². The molecule has 0 amide bonds. The lowest BCUT2D eigenvalue weighted by molar-refractivity contribution is -0.136. The number of hydrogen-bond donors (Lipinski definition) is 3. The maximum Gasteiger partial charge on any atom is 0.308 e. The lowest BCUT2D eigenvalue weighted by Gasteiger charge is -2.31. The Bertz CT molecular complexity index is 602. The molecular formula is C13H19NO5S2. The predicted molar refractivity (Wildman–Crippen MR) is 78.9 cm³/mol. The van der Waals surface area contributed by atoms with Crippen molar-refractivity contribution in [2.45, 2.75) is 48.3 Å². The molecule has 0 unspecified atom stereocenters. The molecule has 1 aliphatic carbocycles. The van der Waals surface area contributed by atoms with Crippen molar-refractivity contribution in [2.24, 2.45) is 0 Å². The van der Waals surface area contributed by atoms with Gasteiger partial charge in [-0.15, -0.1) is 11.3 Å². The molecule has 0 bridgehead atoms. The first-order valence-corrected chi connectivity index (χ1v) is 9.13. The zero-order chi connectivity index (χ0) is 15.5. The summed E-state index contributed by atoms with van der Waals surface area (Å²) >= 11 is 0.941. The van der Waals surface area contributed by atoms with Crippen LogP contribution in [-0.2, 0) is 21.2 Å². The smallest absolute Gasteiger partial charge is 0.308 e. The standard InChI is InChI=1S/C13H19NO5S2/c15-11(16)8-10-4-5-12(20-10)21(18,19)14-9-13(17)6-2-1-3-7-13/h4-5,14,17H,1-3,6-9H2,(H,15,16). The third kappa shape index (κ3) is 4.50. The Morgan fingerprint density at radius 1 is 1.29 bits per heavy atom. The van der Waals surface area contributed by atoms with E-state index in [9.17, 15) is 18.3 Å². The van der Waals surface area contributed by atoms with Crippen LogP contribution in [0.4, 0.5) is 0 Å². The summed E-state index contributed by atoms with van der Waals surface area (Å²) < 4.78 is 26.8. The third-order valence-corrected chi connectivity index (χ3v) is 6.58. The molecule has 0 saturated heterocycles. The van der Waals surface area contributed by atoms with Crippen molar-refractivity contribution in [3.63, 3.8) is 0 Å². The number of carbonyl (C=O) groups is 1. The summed E-state index contributed by atoms with van der Waals surface area (Å²) in [7, 11) is -3.70. The van der Waals surface area contributed by atoms with Crippen LogP contribution in [0, 0.1) is 0 Å². The van der Waals surface area contributed by atoms with E-state index in [4.69, 9.17) is 5.11 Å². The van der Waals surface area contributed by atoms with Crippen LogP contribution in [0.1, 0.15) is 37.0 Å². The predicted octanol–water partition coefficient (Wildman–Crippen LogP) is 1.35. The Labute approximate surface area is 127 Å². The highest BCUT2D eigenvalue weighted by Gasteiger charge is 2.31. The average Bonchev–Trinajstić information content (AvgIpc) is 2.86. The molecule has 8 heteroatoms. The number of rotatable bonds is 6. The second-order valence-corrected chi connectivity index (χ2v) is 8.56. The molecule has 2 rings (SSSR count). The van der Waals surface area contributed by atoms with Gasteiger partial charge in [0.05, 0.1) is 12.0 Å². The van der Waals surface area contributed by atoms with Crippen molar-refractivity contribution in [1.29, 1.82) is 0 Å². The van der Waals surface area contributed by atoms with Crippen molar-refractivity contribution < 1.29 is 23.4 Å². The van der Waals surface area contributed by atoms with Crippen LogP contribution in [0.2, 0.25) is 0 Å². The number of aliphatic hydroxyl groups is 1. The van der Waals surface area contributed by atoms with E-state index in [1.165, 1.54) is 12.1 Å². The van der Waals surface area contributed by atoms with E-state index in [1.54, 1.807) is 0 Å². The highest BCUT2D eigenvalue weighted by Crippen LogP contribution is 2.28. The second kappa shape index (κ2) is 6.43. The Kier molecular flexibility index (Phi) is 5.03. The van der Waals surface area contributed by atoms with Crippen molar-refractivity contribution in [3.8, 4) is 0 Å². The molecule has 1 aromatic heterocycles.